The first kappa shape index (κ1) is 10.6. The number of aryl methyl sites for hydroxylation is 1. The van der Waals surface area contributed by atoms with Crippen molar-refractivity contribution >= 4 is 0 Å². The predicted octanol–water partition coefficient (Wildman–Crippen LogP) is 2.97. The Hall–Kier alpha value is -1.50. The third kappa shape index (κ3) is 2.77. The van der Waals surface area contributed by atoms with Gasteiger partial charge in [-0.15, -0.1) is 0 Å². The maximum atomic E-state index is 12.0. The fraction of sp³-hybridized carbons (Fsp3) is 0.300. The molecule has 0 heterocycles. The van der Waals surface area contributed by atoms with Crippen molar-refractivity contribution in [3.8, 4) is 6.07 Å². The van der Waals surface area contributed by atoms with Gasteiger partial charge in [-0.3, -0.25) is 0 Å². The second kappa shape index (κ2) is 3.70. The Kier molecular flexibility index (Phi) is 2.80. The van der Waals surface area contributed by atoms with E-state index in [1.807, 2.05) is 6.07 Å². The lowest BCUT2D eigenvalue weighted by Gasteiger charge is -2.08. The van der Waals surface area contributed by atoms with Gasteiger partial charge in [-0.2, -0.15) is 18.4 Å². The molecule has 4 heteroatoms. The molecular formula is C10H8F3N. The minimum Gasteiger partial charge on any atom is -0.192 e. The minimum atomic E-state index is -4.20. The van der Waals surface area contributed by atoms with Crippen LogP contribution in [0.3, 0.4) is 0 Å². The summed E-state index contributed by atoms with van der Waals surface area (Å²) < 4.78 is 36.1. The first-order chi connectivity index (χ1) is 6.42. The highest BCUT2D eigenvalue weighted by atomic mass is 19.4. The van der Waals surface area contributed by atoms with Gasteiger partial charge in [0.1, 0.15) is 0 Å². The summed E-state index contributed by atoms with van der Waals surface area (Å²) in [7, 11) is 0. The van der Waals surface area contributed by atoms with Crippen LogP contribution < -0.4 is 0 Å². The summed E-state index contributed by atoms with van der Waals surface area (Å²) in [6, 6.07) is 6.08. The van der Waals surface area contributed by atoms with E-state index in [0.717, 1.165) is 0 Å². The molecule has 0 aliphatic rings. The van der Waals surface area contributed by atoms with Crippen LogP contribution in [0.15, 0.2) is 18.2 Å². The summed E-state index contributed by atoms with van der Waals surface area (Å²) in [5.74, 6) is 0. The lowest BCUT2D eigenvalue weighted by Crippen LogP contribution is -2.12. The summed E-state index contributed by atoms with van der Waals surface area (Å²) in [6.45, 7) is 1.57. The van der Waals surface area contributed by atoms with Gasteiger partial charge in [0.15, 0.2) is 0 Å². The highest BCUT2D eigenvalue weighted by Gasteiger charge is 2.28. The normalized spacial score (nSPS) is 11.1. The zero-order chi connectivity index (χ0) is 10.8. The second-order valence-corrected chi connectivity index (χ2v) is 3.05. The van der Waals surface area contributed by atoms with Crippen molar-refractivity contribution in [1.29, 1.82) is 5.26 Å². The lowest BCUT2D eigenvalue weighted by atomic mass is 10.0. The van der Waals surface area contributed by atoms with Crippen molar-refractivity contribution in [1.82, 2.24) is 0 Å². The minimum absolute atomic E-state index is 0.219. The average Bonchev–Trinajstić information content (AvgIpc) is 2.06. The molecule has 0 aromatic heterocycles. The van der Waals surface area contributed by atoms with Crippen LogP contribution in [0.4, 0.5) is 13.2 Å². The third-order valence-electron chi connectivity index (χ3n) is 1.86. The third-order valence-corrected chi connectivity index (χ3v) is 1.86. The second-order valence-electron chi connectivity index (χ2n) is 3.05. The van der Waals surface area contributed by atoms with Gasteiger partial charge in [0.2, 0.25) is 0 Å². The van der Waals surface area contributed by atoms with Crippen LogP contribution in [0, 0.1) is 18.3 Å². The van der Waals surface area contributed by atoms with E-state index in [2.05, 4.69) is 0 Å². The molecule has 0 spiro atoms. The van der Waals surface area contributed by atoms with Crippen molar-refractivity contribution in [2.45, 2.75) is 19.5 Å². The molecule has 0 N–H and O–H groups in total. The SMILES string of the molecule is Cc1cc(C#N)ccc1CC(F)(F)F. The van der Waals surface area contributed by atoms with E-state index >= 15 is 0 Å². The number of hydrogen-bond donors (Lipinski definition) is 0. The molecular weight excluding hydrogens is 191 g/mol. The molecule has 0 amide bonds. The van der Waals surface area contributed by atoms with Crippen molar-refractivity contribution in [3.05, 3.63) is 34.9 Å². The van der Waals surface area contributed by atoms with Crippen molar-refractivity contribution in [2.24, 2.45) is 0 Å². The standard InChI is InChI=1S/C10H8F3N/c1-7-4-8(6-14)2-3-9(7)5-10(11,12)13/h2-4H,5H2,1H3. The van der Waals surface area contributed by atoms with E-state index < -0.39 is 12.6 Å². The molecule has 0 saturated heterocycles. The van der Waals surface area contributed by atoms with Crippen LogP contribution in [-0.2, 0) is 6.42 Å². The zero-order valence-corrected chi connectivity index (χ0v) is 7.52. The van der Waals surface area contributed by atoms with Gasteiger partial charge in [-0.05, 0) is 30.2 Å². The van der Waals surface area contributed by atoms with E-state index in [0.29, 0.717) is 11.1 Å². The fourth-order valence-corrected chi connectivity index (χ4v) is 1.18. The molecule has 0 bridgehead atoms. The summed E-state index contributed by atoms with van der Waals surface area (Å²) in [5, 5.41) is 8.51. The Bertz CT molecular complexity index is 374. The van der Waals surface area contributed by atoms with E-state index in [4.69, 9.17) is 5.26 Å². The largest absolute Gasteiger partial charge is 0.393 e. The molecule has 14 heavy (non-hydrogen) atoms. The van der Waals surface area contributed by atoms with Crippen LogP contribution in [0.2, 0.25) is 0 Å². The van der Waals surface area contributed by atoms with Gasteiger partial charge < -0.3 is 0 Å². The van der Waals surface area contributed by atoms with Crippen molar-refractivity contribution in [2.75, 3.05) is 0 Å². The number of rotatable bonds is 1. The maximum absolute atomic E-state index is 12.0. The quantitative estimate of drug-likeness (QED) is 0.682. The molecule has 1 rings (SSSR count). The summed E-state index contributed by atoms with van der Waals surface area (Å²) in [5.41, 5.74) is 1.10. The van der Waals surface area contributed by atoms with Gasteiger partial charge in [0, 0.05) is 0 Å². The van der Waals surface area contributed by atoms with E-state index in [-0.39, 0.29) is 5.56 Å². The fourth-order valence-electron chi connectivity index (χ4n) is 1.18. The number of benzene rings is 1. The van der Waals surface area contributed by atoms with Gasteiger partial charge in [0.05, 0.1) is 18.1 Å². The monoisotopic (exact) mass is 199 g/mol. The first-order valence-corrected chi connectivity index (χ1v) is 3.99. The van der Waals surface area contributed by atoms with E-state index in [1.54, 1.807) is 6.92 Å². The molecule has 0 radical (unpaired) electrons. The Morgan fingerprint density at radius 3 is 2.43 bits per heavy atom. The van der Waals surface area contributed by atoms with Gasteiger partial charge in [-0.25, -0.2) is 0 Å². The molecule has 0 saturated carbocycles. The van der Waals surface area contributed by atoms with Crippen LogP contribution in [0.25, 0.3) is 0 Å². The maximum Gasteiger partial charge on any atom is 0.393 e. The van der Waals surface area contributed by atoms with Gasteiger partial charge >= 0.3 is 6.18 Å². The molecule has 74 valence electrons. The molecule has 1 aromatic rings. The van der Waals surface area contributed by atoms with Gasteiger partial charge in [0.25, 0.3) is 0 Å². The Balaban J connectivity index is 2.97. The number of nitrogens with zero attached hydrogens (tertiary/aromatic N) is 1. The van der Waals surface area contributed by atoms with E-state index in [9.17, 15) is 13.2 Å². The molecule has 0 atom stereocenters. The average molecular weight is 199 g/mol. The van der Waals surface area contributed by atoms with Gasteiger partial charge in [-0.1, -0.05) is 6.07 Å². The molecule has 1 aromatic carbocycles. The van der Waals surface area contributed by atoms with Crippen LogP contribution >= 0.6 is 0 Å². The molecule has 0 aliphatic heterocycles. The number of halogens is 3. The number of alkyl halides is 3. The summed E-state index contributed by atoms with van der Waals surface area (Å²) >= 11 is 0. The Morgan fingerprint density at radius 2 is 2.00 bits per heavy atom. The highest BCUT2D eigenvalue weighted by Crippen LogP contribution is 2.23. The molecule has 0 fully saturated rings. The van der Waals surface area contributed by atoms with Crippen LogP contribution in [0.5, 0.6) is 0 Å². The molecule has 0 unspecified atom stereocenters. The van der Waals surface area contributed by atoms with Crippen molar-refractivity contribution in [3.63, 3.8) is 0 Å². The number of nitriles is 1. The Morgan fingerprint density at radius 1 is 1.36 bits per heavy atom. The molecule has 0 aliphatic carbocycles. The smallest absolute Gasteiger partial charge is 0.192 e. The molecule has 1 nitrogen and oxygen atoms in total. The first-order valence-electron chi connectivity index (χ1n) is 3.99. The highest BCUT2D eigenvalue weighted by molar-refractivity contribution is 5.37. The lowest BCUT2D eigenvalue weighted by molar-refractivity contribution is -0.127. The van der Waals surface area contributed by atoms with Crippen molar-refractivity contribution < 1.29 is 13.2 Å². The number of hydrogen-bond acceptors (Lipinski definition) is 1. The van der Waals surface area contributed by atoms with Crippen LogP contribution in [-0.4, -0.2) is 6.18 Å². The zero-order valence-electron chi connectivity index (χ0n) is 7.52. The predicted molar refractivity (Wildman–Crippen MR) is 45.7 cm³/mol. The van der Waals surface area contributed by atoms with E-state index in [1.165, 1.54) is 18.2 Å². The Labute approximate surface area is 79.8 Å². The summed E-state index contributed by atoms with van der Waals surface area (Å²) in [6.07, 6.45) is -5.14. The van der Waals surface area contributed by atoms with Crippen LogP contribution in [0.1, 0.15) is 16.7 Å². The summed E-state index contributed by atoms with van der Waals surface area (Å²) in [4.78, 5) is 0. The topological polar surface area (TPSA) is 23.8 Å².